The molecular weight excluding hydrogens is 292 g/mol. The first-order valence-electron chi connectivity index (χ1n) is 7.38. The van der Waals surface area contributed by atoms with Crippen LogP contribution < -0.4 is 15.0 Å². The third-order valence-corrected chi connectivity index (χ3v) is 3.40. The first-order chi connectivity index (χ1) is 11.0. The number of likely N-dealkylation sites (N-methyl/N-ethyl adjacent to an activating group) is 1. The molecule has 2 rings (SSSR count). The van der Waals surface area contributed by atoms with Gasteiger partial charge >= 0.3 is 11.8 Å². The topological polar surface area (TPSA) is 58.6 Å². The molecule has 120 valence electrons. The van der Waals surface area contributed by atoms with E-state index >= 15 is 0 Å². The van der Waals surface area contributed by atoms with E-state index in [2.05, 4.69) is 5.32 Å². The summed E-state index contributed by atoms with van der Waals surface area (Å²) < 4.78 is 5.10. The maximum Gasteiger partial charge on any atom is 0.316 e. The second-order valence-electron chi connectivity index (χ2n) is 5.07. The number of hydrogen-bond donors (Lipinski definition) is 1. The Morgan fingerprint density at radius 3 is 2.52 bits per heavy atom. The van der Waals surface area contributed by atoms with Crippen LogP contribution in [0, 0.1) is 6.92 Å². The van der Waals surface area contributed by atoms with Gasteiger partial charge in [-0.05, 0) is 43.7 Å². The molecule has 0 aromatic heterocycles. The zero-order valence-corrected chi connectivity index (χ0v) is 13.5. The Bertz CT molecular complexity index is 713. The van der Waals surface area contributed by atoms with Crippen molar-refractivity contribution in [3.8, 4) is 5.75 Å². The number of nitrogens with zero attached hydrogens (tertiary/aromatic N) is 1. The van der Waals surface area contributed by atoms with Crippen molar-refractivity contribution in [2.75, 3.05) is 23.9 Å². The number of amides is 2. The van der Waals surface area contributed by atoms with Gasteiger partial charge in [0.15, 0.2) is 0 Å². The molecule has 0 unspecified atom stereocenters. The van der Waals surface area contributed by atoms with Gasteiger partial charge in [0.2, 0.25) is 0 Å². The summed E-state index contributed by atoms with van der Waals surface area (Å²) in [5.41, 5.74) is 2.25. The minimum atomic E-state index is -0.679. The van der Waals surface area contributed by atoms with E-state index in [1.807, 2.05) is 38.1 Å². The van der Waals surface area contributed by atoms with Gasteiger partial charge in [0, 0.05) is 24.0 Å². The number of anilines is 2. The van der Waals surface area contributed by atoms with Crippen molar-refractivity contribution in [3.63, 3.8) is 0 Å². The molecule has 0 saturated carbocycles. The molecule has 5 nitrogen and oxygen atoms in total. The second kappa shape index (κ2) is 7.45. The van der Waals surface area contributed by atoms with Crippen LogP contribution in [0.25, 0.3) is 0 Å². The van der Waals surface area contributed by atoms with Crippen molar-refractivity contribution in [3.05, 3.63) is 54.1 Å². The maximum absolute atomic E-state index is 12.4. The number of rotatable bonds is 4. The molecule has 23 heavy (non-hydrogen) atoms. The summed E-state index contributed by atoms with van der Waals surface area (Å²) in [6.45, 7) is 4.19. The Balaban J connectivity index is 2.15. The summed E-state index contributed by atoms with van der Waals surface area (Å²) in [6, 6.07) is 14.4. The Kier molecular flexibility index (Phi) is 5.36. The normalized spacial score (nSPS) is 10.0. The molecule has 0 spiro atoms. The molecule has 0 aliphatic rings. The van der Waals surface area contributed by atoms with Crippen LogP contribution in [0.3, 0.4) is 0 Å². The van der Waals surface area contributed by atoms with Crippen LogP contribution in [0.4, 0.5) is 11.4 Å². The number of aryl methyl sites for hydroxylation is 1. The van der Waals surface area contributed by atoms with Crippen LogP contribution in [-0.4, -0.2) is 25.5 Å². The summed E-state index contributed by atoms with van der Waals surface area (Å²) >= 11 is 0. The predicted octanol–water partition coefficient (Wildman–Crippen LogP) is 3.00. The summed E-state index contributed by atoms with van der Waals surface area (Å²) in [7, 11) is 1.54. The lowest BCUT2D eigenvalue weighted by Crippen LogP contribution is -2.39. The first-order valence-corrected chi connectivity index (χ1v) is 7.38. The van der Waals surface area contributed by atoms with Crippen molar-refractivity contribution < 1.29 is 14.3 Å². The van der Waals surface area contributed by atoms with Gasteiger partial charge in [0.25, 0.3) is 0 Å². The van der Waals surface area contributed by atoms with Crippen molar-refractivity contribution in [2.24, 2.45) is 0 Å². The predicted molar refractivity (Wildman–Crippen MR) is 90.8 cm³/mol. The summed E-state index contributed by atoms with van der Waals surface area (Å²) in [5, 5.41) is 2.61. The molecule has 5 heteroatoms. The molecule has 1 N–H and O–H groups in total. The average Bonchev–Trinajstić information content (AvgIpc) is 2.55. The van der Waals surface area contributed by atoms with Gasteiger partial charge in [-0.1, -0.05) is 18.2 Å². The largest absolute Gasteiger partial charge is 0.497 e. The number of carbonyl (C=O) groups is 2. The summed E-state index contributed by atoms with van der Waals surface area (Å²) in [6.07, 6.45) is 0. The Morgan fingerprint density at radius 1 is 1.13 bits per heavy atom. The third-order valence-electron chi connectivity index (χ3n) is 3.40. The molecule has 0 atom stereocenters. The molecule has 2 aromatic carbocycles. The number of methoxy groups -OCH3 is 1. The SMILES string of the molecule is CCN(C(=O)C(=O)Nc1cccc(OC)c1)c1cccc(C)c1. The Hall–Kier alpha value is -2.82. The van der Waals surface area contributed by atoms with E-state index in [1.165, 1.54) is 4.90 Å². The molecule has 0 heterocycles. The zero-order chi connectivity index (χ0) is 16.8. The molecule has 0 radical (unpaired) electrons. The molecule has 2 amide bonds. The summed E-state index contributed by atoms with van der Waals surface area (Å²) in [5.74, 6) is -0.663. The smallest absolute Gasteiger partial charge is 0.316 e. The van der Waals surface area contributed by atoms with Crippen LogP contribution in [-0.2, 0) is 9.59 Å². The van der Waals surface area contributed by atoms with Gasteiger partial charge < -0.3 is 15.0 Å². The van der Waals surface area contributed by atoms with Crippen LogP contribution >= 0.6 is 0 Å². The van der Waals surface area contributed by atoms with Gasteiger partial charge in [0.1, 0.15) is 5.75 Å². The van der Waals surface area contributed by atoms with E-state index in [4.69, 9.17) is 4.74 Å². The zero-order valence-electron chi connectivity index (χ0n) is 13.5. The van der Waals surface area contributed by atoms with Crippen LogP contribution in [0.5, 0.6) is 5.75 Å². The fraction of sp³-hybridized carbons (Fsp3) is 0.222. The van der Waals surface area contributed by atoms with Crippen LogP contribution in [0.2, 0.25) is 0 Å². The number of hydrogen-bond acceptors (Lipinski definition) is 3. The fourth-order valence-electron chi connectivity index (χ4n) is 2.25. The first kappa shape index (κ1) is 16.5. The lowest BCUT2D eigenvalue weighted by Gasteiger charge is -2.20. The molecule has 0 fully saturated rings. The van der Waals surface area contributed by atoms with Crippen molar-refractivity contribution in [1.29, 1.82) is 0 Å². The van der Waals surface area contributed by atoms with E-state index in [-0.39, 0.29) is 0 Å². The third kappa shape index (κ3) is 4.10. The molecule has 0 saturated heterocycles. The highest BCUT2D eigenvalue weighted by atomic mass is 16.5. The molecule has 0 bridgehead atoms. The van der Waals surface area contributed by atoms with E-state index < -0.39 is 11.8 Å². The standard InChI is InChI=1S/C18H20N2O3/c1-4-20(15-9-5-7-13(2)11-15)18(22)17(21)19-14-8-6-10-16(12-14)23-3/h5-12H,4H2,1-3H3,(H,19,21). The molecule has 2 aromatic rings. The van der Waals surface area contributed by atoms with Crippen LogP contribution in [0.1, 0.15) is 12.5 Å². The fourth-order valence-corrected chi connectivity index (χ4v) is 2.25. The van der Waals surface area contributed by atoms with E-state index in [1.54, 1.807) is 31.4 Å². The van der Waals surface area contributed by atoms with Gasteiger partial charge in [-0.2, -0.15) is 0 Å². The van der Waals surface area contributed by atoms with Gasteiger partial charge in [-0.15, -0.1) is 0 Å². The highest BCUT2D eigenvalue weighted by molar-refractivity contribution is 6.44. The summed E-state index contributed by atoms with van der Waals surface area (Å²) in [4.78, 5) is 26.1. The minimum Gasteiger partial charge on any atom is -0.497 e. The minimum absolute atomic E-state index is 0.411. The van der Waals surface area contributed by atoms with Crippen molar-refractivity contribution >= 4 is 23.2 Å². The van der Waals surface area contributed by atoms with E-state index in [0.29, 0.717) is 23.7 Å². The number of carbonyl (C=O) groups excluding carboxylic acids is 2. The highest BCUT2D eigenvalue weighted by Crippen LogP contribution is 2.18. The number of nitrogens with one attached hydrogen (secondary N) is 1. The van der Waals surface area contributed by atoms with Crippen molar-refractivity contribution in [2.45, 2.75) is 13.8 Å². The maximum atomic E-state index is 12.4. The molecule has 0 aliphatic carbocycles. The quantitative estimate of drug-likeness (QED) is 0.883. The van der Waals surface area contributed by atoms with Gasteiger partial charge in [-0.25, -0.2) is 0 Å². The Morgan fingerprint density at radius 2 is 1.87 bits per heavy atom. The molecule has 0 aliphatic heterocycles. The lowest BCUT2D eigenvalue weighted by atomic mass is 10.2. The lowest BCUT2D eigenvalue weighted by molar-refractivity contribution is -0.134. The molecular formula is C18H20N2O3. The Labute approximate surface area is 135 Å². The van der Waals surface area contributed by atoms with E-state index in [9.17, 15) is 9.59 Å². The van der Waals surface area contributed by atoms with Gasteiger partial charge in [0.05, 0.1) is 7.11 Å². The highest BCUT2D eigenvalue weighted by Gasteiger charge is 2.22. The number of ether oxygens (including phenoxy) is 1. The van der Waals surface area contributed by atoms with E-state index in [0.717, 1.165) is 5.56 Å². The van der Waals surface area contributed by atoms with Crippen LogP contribution in [0.15, 0.2) is 48.5 Å². The number of benzene rings is 2. The second-order valence-corrected chi connectivity index (χ2v) is 5.07. The average molecular weight is 312 g/mol. The van der Waals surface area contributed by atoms with Crippen molar-refractivity contribution in [1.82, 2.24) is 0 Å². The monoisotopic (exact) mass is 312 g/mol. The van der Waals surface area contributed by atoms with Gasteiger partial charge in [-0.3, -0.25) is 9.59 Å².